The van der Waals surface area contributed by atoms with Crippen LogP contribution in [0.5, 0.6) is 0 Å². The normalized spacial score (nSPS) is 17.9. The number of rotatable bonds is 6. The molecule has 0 saturated heterocycles. The summed E-state index contributed by atoms with van der Waals surface area (Å²) in [5.41, 5.74) is 0. The van der Waals surface area contributed by atoms with Gasteiger partial charge in [-0.1, -0.05) is 241 Å². The average Bonchev–Trinajstić information content (AvgIpc) is 3.44. The van der Waals surface area contributed by atoms with Gasteiger partial charge in [0, 0.05) is 19.7 Å². The standard InChI is InChI=1S/C7H14.2C6H11F3.C6H12.4C4H10.C3H8.C2H6/c1-7-5-3-2-4-6-7;2*1-3-5(2)4-6(7,8)9;1-6-4-2-3-5-6;2*1-4(2)3;2*1-3-4-2;1-3-2;1-2/h7H,2-6H2,1H3;2*5H,3-4H2,1-2H3;6H,2-5H2,1H3;2*4H,1-3H3;2*3-4H2,1-2H3;3H2,1-2H3;1-2H3/t;2*5-;;;;;;;/m.00......./s1/i7D;;;6D;4D;;3D2;;;. The van der Waals surface area contributed by atoms with Crippen molar-refractivity contribution in [2.45, 2.75) is 266 Å². The zero-order valence-corrected chi connectivity index (χ0v) is 39.0. The molecule has 2 saturated carbocycles. The minimum Gasteiger partial charge on any atom is -0.171 e. The largest absolute Gasteiger partial charge is 0.389 e. The molecule has 0 heterocycles. The monoisotopic (exact) mass is 774 g/mol. The van der Waals surface area contributed by atoms with Crippen LogP contribution in [-0.2, 0) is 0 Å². The van der Waals surface area contributed by atoms with Crippen molar-refractivity contribution in [2.24, 2.45) is 35.4 Å². The predicted molar refractivity (Wildman–Crippen MR) is 230 cm³/mol. The molecule has 0 aromatic rings. The van der Waals surface area contributed by atoms with Crippen molar-refractivity contribution in [3.8, 4) is 0 Å². The van der Waals surface area contributed by atoms with E-state index >= 15 is 0 Å². The maximum atomic E-state index is 11.5. The lowest BCUT2D eigenvalue weighted by molar-refractivity contribution is -0.144. The second kappa shape index (κ2) is 54.9. The second-order valence-electron chi connectivity index (χ2n) is 15.0. The van der Waals surface area contributed by atoms with Gasteiger partial charge in [0.15, 0.2) is 0 Å². The van der Waals surface area contributed by atoms with Crippen molar-refractivity contribution in [3.05, 3.63) is 0 Å². The van der Waals surface area contributed by atoms with Crippen LogP contribution in [0.25, 0.3) is 0 Å². The minimum atomic E-state index is -3.98. The van der Waals surface area contributed by atoms with E-state index in [0.717, 1.165) is 31.6 Å². The quantitative estimate of drug-likeness (QED) is 0.236. The van der Waals surface area contributed by atoms with Gasteiger partial charge >= 0.3 is 12.4 Å². The molecular formula is C46H102F6. The Labute approximate surface area is 334 Å². The van der Waals surface area contributed by atoms with E-state index in [4.69, 9.17) is 6.85 Å². The molecule has 0 spiro atoms. The molecule has 0 amide bonds. The molecule has 0 N–H and O–H groups in total. The Kier molecular flexibility index (Phi) is 59.1. The zero-order chi connectivity index (χ0) is 47.8. The molecule has 2 atom stereocenters. The van der Waals surface area contributed by atoms with Gasteiger partial charge in [0.25, 0.3) is 0 Å². The lowest BCUT2D eigenvalue weighted by atomic mass is 9.91. The molecule has 6 heteroatoms. The van der Waals surface area contributed by atoms with Crippen molar-refractivity contribution in [3.63, 3.8) is 0 Å². The summed E-state index contributed by atoms with van der Waals surface area (Å²) in [5, 5.41) is 0. The molecule has 0 bridgehead atoms. The first-order chi connectivity index (χ1) is 25.4. The molecule has 0 aromatic carbocycles. The molecule has 0 radical (unpaired) electrons. The van der Waals surface area contributed by atoms with Gasteiger partial charge in [-0.15, -0.1) is 0 Å². The van der Waals surface area contributed by atoms with Gasteiger partial charge in [0.2, 0.25) is 0 Å². The van der Waals surface area contributed by atoms with Crippen LogP contribution < -0.4 is 0 Å². The zero-order valence-electron chi connectivity index (χ0n) is 44.0. The summed E-state index contributed by atoms with van der Waals surface area (Å²) in [5.74, 6) is -0.00637. The minimum absolute atomic E-state index is 0.0556. The van der Waals surface area contributed by atoms with Gasteiger partial charge in [-0.05, 0) is 35.4 Å². The molecule has 0 unspecified atom stereocenters. The number of hydrogen-bond donors (Lipinski definition) is 0. The summed E-state index contributed by atoms with van der Waals surface area (Å²) >= 11 is 0. The van der Waals surface area contributed by atoms with Crippen molar-refractivity contribution in [2.75, 3.05) is 0 Å². The van der Waals surface area contributed by atoms with Crippen molar-refractivity contribution in [1.29, 1.82) is 0 Å². The van der Waals surface area contributed by atoms with E-state index in [-0.39, 0.29) is 29.5 Å². The summed E-state index contributed by atoms with van der Waals surface area (Å²) in [6.45, 7) is 38.9. The van der Waals surface area contributed by atoms with E-state index in [1.54, 1.807) is 34.6 Å². The number of hydrogen-bond acceptors (Lipinski definition) is 0. The number of alkyl halides is 6. The molecular weight excluding hydrogens is 666 g/mol. The molecule has 0 nitrogen and oxygen atoms in total. The maximum Gasteiger partial charge on any atom is 0.389 e. The third-order valence-corrected chi connectivity index (χ3v) is 6.57. The highest BCUT2D eigenvalue weighted by Crippen LogP contribution is 2.26. The second-order valence-corrected chi connectivity index (χ2v) is 15.0. The smallest absolute Gasteiger partial charge is 0.171 e. The maximum absolute atomic E-state index is 11.5. The predicted octanol–water partition coefficient (Wildman–Crippen LogP) is 20.1. The summed E-state index contributed by atoms with van der Waals surface area (Å²) < 4.78 is 105. The highest BCUT2D eigenvalue weighted by Gasteiger charge is 2.29. The first kappa shape index (κ1) is 55.9. The van der Waals surface area contributed by atoms with E-state index in [2.05, 4.69) is 48.5 Å². The SMILES string of the molecule is CC.CC(C)C.CCC.CCCC.CC[C@H](C)CC(F)(F)F.CC[C@H](C)CC(F)(F)F.[2H]C(C)(C)C.[2H]C([2H])(C)CC.[2H]C1(C)CCCC1.[2H]C1(C)CCCCC1. The molecule has 2 aliphatic carbocycles. The fourth-order valence-corrected chi connectivity index (χ4v) is 3.21. The Morgan fingerprint density at radius 2 is 0.731 bits per heavy atom. The fraction of sp³-hybridized carbons (Fsp3) is 1.00. The van der Waals surface area contributed by atoms with Crippen molar-refractivity contribution < 1.29 is 33.2 Å². The molecule has 52 heavy (non-hydrogen) atoms. The molecule has 0 aliphatic heterocycles. The van der Waals surface area contributed by atoms with Crippen LogP contribution in [0.2, 0.25) is 0 Å². The van der Waals surface area contributed by atoms with Gasteiger partial charge in [-0.2, -0.15) is 26.3 Å². The summed E-state index contributed by atoms with van der Waals surface area (Å²) in [7, 11) is 0. The Morgan fingerprint density at radius 3 is 0.808 bits per heavy atom. The molecule has 2 rings (SSSR count). The Morgan fingerprint density at radius 1 is 0.538 bits per heavy atom. The number of unbranched alkanes of at least 4 members (excludes halogenated alkanes) is 1. The van der Waals surface area contributed by atoms with Gasteiger partial charge < -0.3 is 0 Å². The summed E-state index contributed by atoms with van der Waals surface area (Å²) in [6, 6.07) is 0. The van der Waals surface area contributed by atoms with E-state index < -0.39 is 31.6 Å². The highest BCUT2D eigenvalue weighted by molar-refractivity contribution is 4.61. The Hall–Kier alpha value is -0.420. The van der Waals surface area contributed by atoms with Gasteiger partial charge in [0.1, 0.15) is 0 Å². The average molecular weight is 774 g/mol. The van der Waals surface area contributed by atoms with E-state index in [1.807, 2.05) is 55.4 Å². The molecule has 328 valence electrons. The van der Waals surface area contributed by atoms with Crippen molar-refractivity contribution in [1.82, 2.24) is 0 Å². The van der Waals surface area contributed by atoms with Crippen LogP contribution in [-0.4, -0.2) is 12.4 Å². The van der Waals surface area contributed by atoms with Crippen LogP contribution in [0.1, 0.15) is 261 Å². The van der Waals surface area contributed by atoms with Gasteiger partial charge in [0.05, 0.1) is 0 Å². The lowest BCUT2D eigenvalue weighted by Gasteiger charge is -2.15. The third-order valence-electron chi connectivity index (χ3n) is 6.57. The first-order valence-electron chi connectivity index (χ1n) is 23.6. The Balaban J connectivity index is -0.0000000800. The van der Waals surface area contributed by atoms with E-state index in [9.17, 15) is 26.3 Å². The number of halogens is 6. The van der Waals surface area contributed by atoms with Gasteiger partial charge in [-0.25, -0.2) is 0 Å². The lowest BCUT2D eigenvalue weighted by Crippen LogP contribution is -2.12. The first-order valence-corrected chi connectivity index (χ1v) is 21.1. The van der Waals surface area contributed by atoms with Crippen LogP contribution in [0, 0.1) is 35.4 Å². The molecule has 2 fully saturated rings. The molecule has 2 aliphatic rings. The van der Waals surface area contributed by atoms with E-state index in [1.165, 1.54) is 51.4 Å². The van der Waals surface area contributed by atoms with Crippen LogP contribution in [0.15, 0.2) is 0 Å². The summed E-state index contributed by atoms with van der Waals surface area (Å²) in [4.78, 5) is 0. The Bertz CT molecular complexity index is 693. The highest BCUT2D eigenvalue weighted by atomic mass is 19.4. The van der Waals surface area contributed by atoms with Crippen LogP contribution >= 0.6 is 0 Å². The third kappa shape index (κ3) is 125. The summed E-state index contributed by atoms with van der Waals surface area (Å²) in [6.07, 6.45) is 6.42. The van der Waals surface area contributed by atoms with Crippen LogP contribution in [0.4, 0.5) is 26.3 Å². The van der Waals surface area contributed by atoms with Gasteiger partial charge in [-0.3, -0.25) is 0 Å². The fourth-order valence-electron chi connectivity index (χ4n) is 3.21. The van der Waals surface area contributed by atoms with E-state index in [0.29, 0.717) is 19.3 Å². The van der Waals surface area contributed by atoms with Crippen LogP contribution in [0.3, 0.4) is 0 Å². The molecule has 0 aromatic heterocycles. The topological polar surface area (TPSA) is 0 Å². The van der Waals surface area contributed by atoms with Crippen molar-refractivity contribution >= 4 is 0 Å².